The van der Waals surface area contributed by atoms with Crippen LogP contribution in [0, 0.1) is 0 Å². The summed E-state index contributed by atoms with van der Waals surface area (Å²) in [4.78, 5) is 0. The molecule has 2 aromatic rings. The van der Waals surface area contributed by atoms with E-state index in [0.717, 1.165) is 17.9 Å². The number of anilines is 2. The topological polar surface area (TPSA) is 15.3 Å². The minimum Gasteiger partial charge on any atom is -0.371 e. The molecule has 1 fully saturated rings. The quantitative estimate of drug-likeness (QED) is 0.615. The van der Waals surface area contributed by atoms with Gasteiger partial charge in [-0.05, 0) is 24.3 Å². The fourth-order valence-corrected chi connectivity index (χ4v) is 9.06. The van der Waals surface area contributed by atoms with Crippen LogP contribution in [0.2, 0.25) is 0 Å². The van der Waals surface area contributed by atoms with E-state index in [1.165, 1.54) is 0 Å². The van der Waals surface area contributed by atoms with Crippen LogP contribution in [0.4, 0.5) is 11.4 Å². The molecule has 0 aliphatic carbocycles. The van der Waals surface area contributed by atoms with Crippen molar-refractivity contribution < 1.29 is 0 Å². The van der Waals surface area contributed by atoms with Gasteiger partial charge in [0.15, 0.2) is 0 Å². The van der Waals surface area contributed by atoms with Crippen LogP contribution in [-0.2, 0) is 11.8 Å². The van der Waals surface area contributed by atoms with E-state index in [0.29, 0.717) is 0 Å². The summed E-state index contributed by atoms with van der Waals surface area (Å²) in [7, 11) is 0. The summed E-state index contributed by atoms with van der Waals surface area (Å²) >= 11 is 12.3. The highest BCUT2D eigenvalue weighted by molar-refractivity contribution is 8.97. The minimum absolute atomic E-state index is 0.279. The van der Waals surface area contributed by atoms with Crippen molar-refractivity contribution in [3.8, 4) is 0 Å². The first kappa shape index (κ1) is 14.3. The molecule has 2 aromatic carbocycles. The van der Waals surface area contributed by atoms with E-state index in [1.54, 1.807) is 11.4 Å². The number of rotatable bonds is 3. The first-order valence-corrected chi connectivity index (χ1v) is 11.7. The number of thiol groups is 1. The van der Waals surface area contributed by atoms with Gasteiger partial charge in [-0.1, -0.05) is 59.6 Å². The average molecular weight is 338 g/mol. The minimum atomic E-state index is -1.85. The van der Waals surface area contributed by atoms with Crippen LogP contribution in [0.25, 0.3) is 0 Å². The van der Waals surface area contributed by atoms with Crippen molar-refractivity contribution in [3.63, 3.8) is 0 Å². The Bertz CT molecular complexity index is 621. The molecule has 1 saturated heterocycles. The van der Waals surface area contributed by atoms with Gasteiger partial charge in [-0.2, -0.15) is 0 Å². The van der Waals surface area contributed by atoms with Crippen molar-refractivity contribution in [2.24, 2.45) is 0 Å². The highest BCUT2D eigenvalue weighted by atomic mass is 33.2. The lowest BCUT2D eigenvalue weighted by Gasteiger charge is -2.24. The van der Waals surface area contributed by atoms with Gasteiger partial charge in [0.1, 0.15) is 4.59 Å². The summed E-state index contributed by atoms with van der Waals surface area (Å²) in [6.07, 6.45) is 0. The number of nitrogens with one attached hydrogen (secondary N) is 1. The van der Waals surface area contributed by atoms with Gasteiger partial charge in [0, 0.05) is 11.4 Å². The van der Waals surface area contributed by atoms with Crippen molar-refractivity contribution in [3.05, 3.63) is 60.7 Å². The van der Waals surface area contributed by atoms with E-state index in [1.807, 2.05) is 36.4 Å². The smallest absolute Gasteiger partial charge is 0.142 e. The summed E-state index contributed by atoms with van der Waals surface area (Å²) in [5, 5.41) is 3.81. The average Bonchev–Trinajstić information content (AvgIpc) is 2.75. The monoisotopic (exact) mass is 338 g/mol. The van der Waals surface area contributed by atoms with Gasteiger partial charge in [0.2, 0.25) is 0 Å². The van der Waals surface area contributed by atoms with Gasteiger partial charge in [-0.25, -0.2) is 0 Å². The van der Waals surface area contributed by atoms with Crippen LogP contribution < -0.4 is 9.99 Å². The normalized spacial score (nSPS) is 25.6. The van der Waals surface area contributed by atoms with Gasteiger partial charge >= 0.3 is 0 Å². The molecule has 0 bridgehead atoms. The maximum absolute atomic E-state index is 5.73. The maximum Gasteiger partial charge on any atom is 0.142 e. The molecule has 0 aromatic heterocycles. The number of para-hydroxylation sites is 2. The molecule has 0 amide bonds. The Kier molecular flexibility index (Phi) is 4.32. The second kappa shape index (κ2) is 6.02. The summed E-state index contributed by atoms with van der Waals surface area (Å²) in [6.45, 7) is 0.879. The summed E-state index contributed by atoms with van der Waals surface area (Å²) in [5.74, 6) is 0. The van der Waals surface area contributed by atoms with Crippen molar-refractivity contribution in [2.45, 2.75) is 5.37 Å². The van der Waals surface area contributed by atoms with E-state index < -0.39 is 4.59 Å². The zero-order chi connectivity index (χ0) is 14.0. The van der Waals surface area contributed by atoms with Crippen LogP contribution in [-0.4, -0.2) is 11.9 Å². The largest absolute Gasteiger partial charge is 0.371 e. The molecule has 2 atom stereocenters. The predicted octanol–water partition coefficient (Wildman–Crippen LogP) is 4.83. The third-order valence-electron chi connectivity index (χ3n) is 3.06. The van der Waals surface area contributed by atoms with Crippen LogP contribution >= 0.6 is 28.2 Å². The molecule has 1 aliphatic rings. The second-order valence-electron chi connectivity index (χ2n) is 4.51. The van der Waals surface area contributed by atoms with Crippen LogP contribution in [0.1, 0.15) is 0 Å². The lowest BCUT2D eigenvalue weighted by Crippen LogP contribution is -2.23. The number of benzene rings is 2. The third kappa shape index (κ3) is 3.17. The molecule has 20 heavy (non-hydrogen) atoms. The van der Waals surface area contributed by atoms with Crippen molar-refractivity contribution in [2.75, 3.05) is 16.5 Å². The Morgan fingerprint density at radius 1 is 1.10 bits per heavy atom. The second-order valence-corrected chi connectivity index (χ2v) is 14.6. The van der Waals surface area contributed by atoms with E-state index in [-0.39, 0.29) is 5.37 Å². The predicted molar refractivity (Wildman–Crippen MR) is 98.5 cm³/mol. The van der Waals surface area contributed by atoms with E-state index >= 15 is 0 Å². The SMILES string of the molecule is S=P1(S)SC(Nc2ccccc2)CN1c1ccccc1. The molecule has 104 valence electrons. The molecule has 0 saturated carbocycles. The Labute approximate surface area is 133 Å². The van der Waals surface area contributed by atoms with Gasteiger partial charge in [-0.3, -0.25) is 0 Å². The molecule has 6 heteroatoms. The molecule has 2 unspecified atom stereocenters. The van der Waals surface area contributed by atoms with Gasteiger partial charge < -0.3 is 9.99 Å². The molecule has 1 heterocycles. The first-order chi connectivity index (χ1) is 9.65. The number of nitrogens with zero attached hydrogens (tertiary/aromatic N) is 1. The van der Waals surface area contributed by atoms with Gasteiger partial charge in [0.05, 0.1) is 11.9 Å². The standard InChI is InChI=1S/C14H15N2PS3/c18-17(19)16(13-9-5-2-6-10-13)11-14(20-17)15-12-7-3-1-4-8-12/h1-10,14-15H,11H2,(H,18,19). The highest BCUT2D eigenvalue weighted by Crippen LogP contribution is 2.72. The van der Waals surface area contributed by atoms with Crippen molar-refractivity contribution >= 4 is 51.4 Å². The Morgan fingerprint density at radius 3 is 2.35 bits per heavy atom. The lowest BCUT2D eigenvalue weighted by atomic mass is 10.3. The molecule has 0 radical (unpaired) electrons. The Hall–Kier alpha value is -0.610. The van der Waals surface area contributed by atoms with Crippen LogP contribution in [0.5, 0.6) is 0 Å². The fourth-order valence-electron chi connectivity index (χ4n) is 2.16. The molecule has 3 rings (SSSR count). The summed E-state index contributed by atoms with van der Waals surface area (Å²) in [5.41, 5.74) is 2.29. The molecule has 2 nitrogen and oxygen atoms in total. The first-order valence-electron chi connectivity index (χ1n) is 6.31. The fraction of sp³-hybridized carbons (Fsp3) is 0.143. The molecule has 0 spiro atoms. The molecular formula is C14H15N2PS3. The molecule has 1 N–H and O–H groups in total. The van der Waals surface area contributed by atoms with Gasteiger partial charge in [0.25, 0.3) is 0 Å². The van der Waals surface area contributed by atoms with Crippen LogP contribution in [0.3, 0.4) is 0 Å². The third-order valence-corrected chi connectivity index (χ3v) is 9.91. The zero-order valence-corrected chi connectivity index (χ0v) is 14.1. The highest BCUT2D eigenvalue weighted by Gasteiger charge is 2.36. The Morgan fingerprint density at radius 2 is 1.70 bits per heavy atom. The van der Waals surface area contributed by atoms with E-state index in [2.05, 4.69) is 34.3 Å². The van der Waals surface area contributed by atoms with E-state index in [4.69, 9.17) is 24.1 Å². The molecule has 1 aliphatic heterocycles. The number of hydrogen-bond acceptors (Lipinski definition) is 3. The Balaban J connectivity index is 1.77. The van der Waals surface area contributed by atoms with Crippen LogP contribution in [0.15, 0.2) is 60.7 Å². The van der Waals surface area contributed by atoms with E-state index in [9.17, 15) is 0 Å². The van der Waals surface area contributed by atoms with Crippen molar-refractivity contribution in [1.29, 1.82) is 0 Å². The van der Waals surface area contributed by atoms with Crippen molar-refractivity contribution in [1.82, 2.24) is 0 Å². The zero-order valence-electron chi connectivity index (χ0n) is 10.7. The summed E-state index contributed by atoms with van der Waals surface area (Å²) in [6, 6.07) is 20.6. The molecular weight excluding hydrogens is 323 g/mol. The summed E-state index contributed by atoms with van der Waals surface area (Å²) < 4.78 is 0.408. The van der Waals surface area contributed by atoms with Gasteiger partial charge in [-0.15, -0.1) is 12.2 Å². The number of hydrogen-bond donors (Lipinski definition) is 2. The lowest BCUT2D eigenvalue weighted by molar-refractivity contribution is 0.977. The maximum atomic E-state index is 5.73.